The van der Waals surface area contributed by atoms with Gasteiger partial charge in [-0.15, -0.1) is 0 Å². The topological polar surface area (TPSA) is 42.0 Å². The van der Waals surface area contributed by atoms with Gasteiger partial charge in [0.05, 0.1) is 5.56 Å². The number of nitrogens with zero attached hydrogens (tertiary/aromatic N) is 1. The van der Waals surface area contributed by atoms with Crippen LogP contribution in [0.4, 0.5) is 5.69 Å². The Labute approximate surface area is 101 Å². The summed E-state index contributed by atoms with van der Waals surface area (Å²) in [5, 5.41) is 2.89. The Morgan fingerprint density at radius 2 is 1.88 bits per heavy atom. The minimum Gasteiger partial charge on any atom is -0.322 e. The van der Waals surface area contributed by atoms with Crippen molar-refractivity contribution in [2.75, 3.05) is 5.32 Å². The highest BCUT2D eigenvalue weighted by molar-refractivity contribution is 6.05. The van der Waals surface area contributed by atoms with Crippen molar-refractivity contribution < 1.29 is 4.79 Å². The Kier molecular flexibility index (Phi) is 3.19. The fourth-order valence-electron chi connectivity index (χ4n) is 1.60. The molecule has 1 aromatic heterocycles. The van der Waals surface area contributed by atoms with Gasteiger partial charge in [-0.25, -0.2) is 0 Å². The molecule has 0 spiro atoms. The first-order valence-electron chi connectivity index (χ1n) is 5.46. The molecule has 1 aromatic carbocycles. The zero-order valence-corrected chi connectivity index (χ0v) is 9.90. The summed E-state index contributed by atoms with van der Waals surface area (Å²) in [6.45, 7) is 3.86. The van der Waals surface area contributed by atoms with Gasteiger partial charge in [0.15, 0.2) is 0 Å². The summed E-state index contributed by atoms with van der Waals surface area (Å²) in [7, 11) is 0. The lowest BCUT2D eigenvalue weighted by Crippen LogP contribution is -2.14. The van der Waals surface area contributed by atoms with Crippen LogP contribution in [0, 0.1) is 13.8 Å². The van der Waals surface area contributed by atoms with Crippen molar-refractivity contribution in [2.24, 2.45) is 0 Å². The van der Waals surface area contributed by atoms with E-state index in [1.54, 1.807) is 12.4 Å². The van der Waals surface area contributed by atoms with Gasteiger partial charge in [-0.2, -0.15) is 0 Å². The number of carbonyl (C=O) groups excluding carboxylic acids is 1. The smallest absolute Gasteiger partial charge is 0.257 e. The summed E-state index contributed by atoms with van der Waals surface area (Å²) >= 11 is 0. The zero-order chi connectivity index (χ0) is 12.3. The quantitative estimate of drug-likeness (QED) is 0.855. The third kappa shape index (κ3) is 2.50. The number of rotatable bonds is 2. The van der Waals surface area contributed by atoms with Gasteiger partial charge in [-0.05, 0) is 37.1 Å². The van der Waals surface area contributed by atoms with Gasteiger partial charge < -0.3 is 5.32 Å². The molecule has 1 amide bonds. The molecule has 0 saturated heterocycles. The van der Waals surface area contributed by atoms with Gasteiger partial charge in [0.2, 0.25) is 0 Å². The molecular weight excluding hydrogens is 212 g/mol. The van der Waals surface area contributed by atoms with E-state index in [4.69, 9.17) is 0 Å². The molecule has 1 N–H and O–H groups in total. The van der Waals surface area contributed by atoms with Crippen molar-refractivity contribution in [2.45, 2.75) is 13.8 Å². The molecule has 17 heavy (non-hydrogen) atoms. The average Bonchev–Trinajstić information content (AvgIpc) is 2.32. The SMILES string of the molecule is Cc1ccccc1NC(=O)c1cnccc1C. The highest BCUT2D eigenvalue weighted by atomic mass is 16.1. The largest absolute Gasteiger partial charge is 0.322 e. The Balaban J connectivity index is 2.24. The van der Waals surface area contributed by atoms with Crippen LogP contribution in [0.2, 0.25) is 0 Å². The van der Waals surface area contributed by atoms with Crippen molar-refractivity contribution in [3.05, 3.63) is 59.4 Å². The van der Waals surface area contributed by atoms with Crippen LogP contribution in [-0.2, 0) is 0 Å². The lowest BCUT2D eigenvalue weighted by molar-refractivity contribution is 0.102. The number of aromatic nitrogens is 1. The van der Waals surface area contributed by atoms with Crippen LogP contribution in [0.3, 0.4) is 0 Å². The normalized spacial score (nSPS) is 10.0. The van der Waals surface area contributed by atoms with Crippen molar-refractivity contribution >= 4 is 11.6 Å². The fraction of sp³-hybridized carbons (Fsp3) is 0.143. The number of hydrogen-bond acceptors (Lipinski definition) is 2. The predicted molar refractivity (Wildman–Crippen MR) is 68.1 cm³/mol. The molecule has 0 aliphatic carbocycles. The van der Waals surface area contributed by atoms with E-state index in [1.165, 1.54) is 0 Å². The first kappa shape index (κ1) is 11.3. The van der Waals surface area contributed by atoms with E-state index in [0.29, 0.717) is 5.56 Å². The number of hydrogen-bond donors (Lipinski definition) is 1. The first-order chi connectivity index (χ1) is 8.18. The number of aryl methyl sites for hydroxylation is 2. The number of benzene rings is 1. The molecule has 2 rings (SSSR count). The van der Waals surface area contributed by atoms with Crippen LogP contribution >= 0.6 is 0 Å². The van der Waals surface area contributed by atoms with Crippen molar-refractivity contribution in [3.63, 3.8) is 0 Å². The molecule has 2 aromatic rings. The minimum atomic E-state index is -0.120. The number of anilines is 1. The summed E-state index contributed by atoms with van der Waals surface area (Å²) in [5.41, 5.74) is 3.41. The van der Waals surface area contributed by atoms with Crippen LogP contribution in [0.5, 0.6) is 0 Å². The molecule has 0 aliphatic rings. The molecule has 3 heteroatoms. The van der Waals surface area contributed by atoms with Gasteiger partial charge in [0.25, 0.3) is 5.91 Å². The second-order valence-electron chi connectivity index (χ2n) is 3.96. The molecule has 1 heterocycles. The maximum atomic E-state index is 12.0. The second kappa shape index (κ2) is 4.78. The van der Waals surface area contributed by atoms with E-state index < -0.39 is 0 Å². The molecule has 0 aliphatic heterocycles. The van der Waals surface area contributed by atoms with Crippen LogP contribution in [0.15, 0.2) is 42.7 Å². The maximum absolute atomic E-state index is 12.0. The summed E-state index contributed by atoms with van der Waals surface area (Å²) in [4.78, 5) is 16.0. The second-order valence-corrected chi connectivity index (χ2v) is 3.96. The molecule has 0 unspecified atom stereocenters. The van der Waals surface area contributed by atoms with Crippen molar-refractivity contribution in [1.29, 1.82) is 0 Å². The lowest BCUT2D eigenvalue weighted by atomic mass is 10.1. The van der Waals surface area contributed by atoms with Crippen LogP contribution in [0.1, 0.15) is 21.5 Å². The van der Waals surface area contributed by atoms with E-state index in [9.17, 15) is 4.79 Å². The first-order valence-corrected chi connectivity index (χ1v) is 5.46. The molecule has 0 bridgehead atoms. The van der Waals surface area contributed by atoms with E-state index >= 15 is 0 Å². The van der Waals surface area contributed by atoms with E-state index in [1.807, 2.05) is 44.2 Å². The average molecular weight is 226 g/mol. The summed E-state index contributed by atoms with van der Waals surface area (Å²) in [6, 6.07) is 9.52. The molecule has 0 radical (unpaired) electrons. The van der Waals surface area contributed by atoms with E-state index in [-0.39, 0.29) is 5.91 Å². The highest BCUT2D eigenvalue weighted by Gasteiger charge is 2.09. The predicted octanol–water partition coefficient (Wildman–Crippen LogP) is 2.95. The lowest BCUT2D eigenvalue weighted by Gasteiger charge is -2.09. The van der Waals surface area contributed by atoms with Crippen molar-refractivity contribution in [3.8, 4) is 0 Å². The Hall–Kier alpha value is -2.16. The number of para-hydroxylation sites is 1. The number of nitrogens with one attached hydrogen (secondary N) is 1. The van der Waals surface area contributed by atoms with Crippen molar-refractivity contribution in [1.82, 2.24) is 4.98 Å². The Morgan fingerprint density at radius 1 is 1.12 bits per heavy atom. The van der Waals surface area contributed by atoms with Gasteiger partial charge in [-0.3, -0.25) is 9.78 Å². The Morgan fingerprint density at radius 3 is 2.59 bits per heavy atom. The van der Waals surface area contributed by atoms with Gasteiger partial charge >= 0.3 is 0 Å². The number of pyridine rings is 1. The standard InChI is InChI=1S/C14H14N2O/c1-10-7-8-15-9-12(10)14(17)16-13-6-4-3-5-11(13)2/h3-9H,1-2H3,(H,16,17). The molecule has 3 nitrogen and oxygen atoms in total. The van der Waals surface area contributed by atoms with E-state index in [2.05, 4.69) is 10.3 Å². The number of carbonyl (C=O) groups is 1. The van der Waals surface area contributed by atoms with Crippen LogP contribution in [0.25, 0.3) is 0 Å². The van der Waals surface area contributed by atoms with Crippen LogP contribution in [-0.4, -0.2) is 10.9 Å². The molecule has 0 saturated carbocycles. The monoisotopic (exact) mass is 226 g/mol. The third-order valence-corrected chi connectivity index (χ3v) is 2.68. The molecule has 0 fully saturated rings. The highest BCUT2D eigenvalue weighted by Crippen LogP contribution is 2.15. The maximum Gasteiger partial charge on any atom is 0.257 e. The third-order valence-electron chi connectivity index (χ3n) is 2.68. The zero-order valence-electron chi connectivity index (χ0n) is 9.90. The summed E-state index contributed by atoms with van der Waals surface area (Å²) in [5.74, 6) is -0.120. The molecule has 0 atom stereocenters. The van der Waals surface area contributed by atoms with Crippen LogP contribution < -0.4 is 5.32 Å². The molecular formula is C14H14N2O. The van der Waals surface area contributed by atoms with Gasteiger partial charge in [-0.1, -0.05) is 18.2 Å². The summed E-state index contributed by atoms with van der Waals surface area (Å²) in [6.07, 6.45) is 3.27. The molecule has 86 valence electrons. The van der Waals surface area contributed by atoms with E-state index in [0.717, 1.165) is 16.8 Å². The fourth-order valence-corrected chi connectivity index (χ4v) is 1.60. The van der Waals surface area contributed by atoms with Gasteiger partial charge in [0.1, 0.15) is 0 Å². The number of amides is 1. The summed E-state index contributed by atoms with van der Waals surface area (Å²) < 4.78 is 0. The minimum absolute atomic E-state index is 0.120. The Bertz CT molecular complexity index is 549. The van der Waals surface area contributed by atoms with Gasteiger partial charge in [0, 0.05) is 18.1 Å².